The lowest BCUT2D eigenvalue weighted by Gasteiger charge is -2.17. The second kappa shape index (κ2) is 4.93. The second-order valence-electron chi connectivity index (χ2n) is 3.13. The van der Waals surface area contributed by atoms with Crippen LogP contribution in [0.4, 0.5) is 0 Å². The molecule has 0 amide bonds. The van der Waals surface area contributed by atoms with Gasteiger partial charge in [-0.2, -0.15) is 9.81 Å². The quantitative estimate of drug-likeness (QED) is 0.576. The first-order chi connectivity index (χ1) is 5.13. The molecule has 0 aliphatic rings. The molecule has 0 saturated carbocycles. The molecule has 11 heavy (non-hydrogen) atoms. The minimum atomic E-state index is -0.285. The van der Waals surface area contributed by atoms with Crippen LogP contribution in [-0.2, 0) is 0 Å². The van der Waals surface area contributed by atoms with E-state index in [1.807, 2.05) is 20.8 Å². The molecule has 0 aliphatic heterocycles. The Morgan fingerprint density at radius 2 is 1.73 bits per heavy atom. The van der Waals surface area contributed by atoms with Crippen molar-refractivity contribution in [1.82, 2.24) is 0 Å². The van der Waals surface area contributed by atoms with E-state index in [1.54, 1.807) is 0 Å². The minimum Gasteiger partial charge on any atom is -0.151 e. The monoisotopic (exact) mass is 158 g/mol. The fourth-order valence-corrected chi connectivity index (χ4v) is 1.11. The fraction of sp³-hybridized carbons (Fsp3) is 1.00. The maximum absolute atomic E-state index is 10.3. The predicted molar refractivity (Wildman–Crippen MR) is 44.2 cm³/mol. The van der Waals surface area contributed by atoms with E-state index in [9.17, 15) is 9.81 Å². The van der Waals surface area contributed by atoms with E-state index in [-0.39, 0.29) is 24.4 Å². The van der Waals surface area contributed by atoms with Crippen LogP contribution in [0.25, 0.3) is 0 Å². The van der Waals surface area contributed by atoms with Crippen molar-refractivity contribution in [2.24, 2.45) is 22.2 Å². The van der Waals surface area contributed by atoms with Crippen LogP contribution in [0.5, 0.6) is 0 Å². The lowest BCUT2D eigenvalue weighted by molar-refractivity contribution is 0.370. The molecule has 0 aromatic carbocycles. The highest BCUT2D eigenvalue weighted by atomic mass is 16.3. The Morgan fingerprint density at radius 1 is 1.18 bits per heavy atom. The van der Waals surface area contributed by atoms with Gasteiger partial charge in [-0.1, -0.05) is 31.1 Å². The zero-order valence-electron chi connectivity index (χ0n) is 7.15. The predicted octanol–water partition coefficient (Wildman–Crippen LogP) is 2.18. The number of hydrogen-bond donors (Lipinski definition) is 0. The van der Waals surface area contributed by atoms with Crippen LogP contribution < -0.4 is 0 Å². The summed E-state index contributed by atoms with van der Waals surface area (Å²) in [5.41, 5.74) is 0. The van der Waals surface area contributed by atoms with E-state index < -0.39 is 0 Å². The largest absolute Gasteiger partial charge is 0.151 e. The Balaban J connectivity index is 4.01. The van der Waals surface area contributed by atoms with Gasteiger partial charge in [-0.05, 0) is 5.92 Å². The summed E-state index contributed by atoms with van der Waals surface area (Å²) in [5.74, 6) is 0.147. The number of hydrogen-bond acceptors (Lipinski definition) is 4. The highest BCUT2D eigenvalue weighted by Crippen LogP contribution is 2.16. The Labute approximate surface area is 66.3 Å². The lowest BCUT2D eigenvalue weighted by Crippen LogP contribution is -2.23. The van der Waals surface area contributed by atoms with Crippen LogP contribution in [0.15, 0.2) is 10.4 Å². The number of rotatable bonds is 5. The fourth-order valence-electron chi connectivity index (χ4n) is 1.11. The highest BCUT2D eigenvalue weighted by molar-refractivity contribution is 4.76. The van der Waals surface area contributed by atoms with E-state index in [2.05, 4.69) is 10.4 Å². The van der Waals surface area contributed by atoms with Crippen molar-refractivity contribution >= 4 is 0 Å². The molecular formula is C7H14N2O2. The van der Waals surface area contributed by atoms with Crippen LogP contribution >= 0.6 is 0 Å². The third-order valence-corrected chi connectivity index (χ3v) is 1.75. The average molecular weight is 158 g/mol. The van der Waals surface area contributed by atoms with Crippen molar-refractivity contribution in [1.29, 1.82) is 0 Å². The van der Waals surface area contributed by atoms with E-state index >= 15 is 0 Å². The zero-order valence-corrected chi connectivity index (χ0v) is 7.15. The van der Waals surface area contributed by atoms with Crippen LogP contribution in [-0.4, -0.2) is 12.6 Å². The third kappa shape index (κ3) is 3.20. The van der Waals surface area contributed by atoms with Gasteiger partial charge >= 0.3 is 0 Å². The van der Waals surface area contributed by atoms with Gasteiger partial charge in [0.05, 0.1) is 12.6 Å². The first kappa shape index (κ1) is 10.2. The SMILES string of the molecule is CC(C)C(N=O)C(C)CN=O. The normalized spacial score (nSPS) is 16.0. The standard InChI is InChI=1S/C7H14N2O2/c1-5(2)7(9-11)6(3)4-8-10/h5-7H,4H2,1-3H3. The lowest BCUT2D eigenvalue weighted by atomic mass is 9.93. The highest BCUT2D eigenvalue weighted by Gasteiger charge is 2.21. The molecule has 0 fully saturated rings. The van der Waals surface area contributed by atoms with E-state index in [4.69, 9.17) is 0 Å². The van der Waals surface area contributed by atoms with Crippen LogP contribution in [0.2, 0.25) is 0 Å². The first-order valence-corrected chi connectivity index (χ1v) is 3.75. The van der Waals surface area contributed by atoms with Crippen molar-refractivity contribution in [3.8, 4) is 0 Å². The van der Waals surface area contributed by atoms with Gasteiger partial charge in [0.25, 0.3) is 0 Å². The first-order valence-electron chi connectivity index (χ1n) is 3.75. The molecule has 4 nitrogen and oxygen atoms in total. The molecule has 0 saturated heterocycles. The van der Waals surface area contributed by atoms with Crippen molar-refractivity contribution in [2.75, 3.05) is 6.54 Å². The van der Waals surface area contributed by atoms with Crippen LogP contribution in [0.1, 0.15) is 20.8 Å². The topological polar surface area (TPSA) is 58.9 Å². The van der Waals surface area contributed by atoms with Gasteiger partial charge in [-0.15, -0.1) is 0 Å². The Kier molecular flexibility index (Phi) is 4.57. The summed E-state index contributed by atoms with van der Waals surface area (Å²) in [4.78, 5) is 20.1. The van der Waals surface area contributed by atoms with Gasteiger partial charge in [-0.3, -0.25) is 0 Å². The molecule has 2 unspecified atom stereocenters. The summed E-state index contributed by atoms with van der Waals surface area (Å²) in [5, 5.41) is 5.70. The molecule has 0 spiro atoms. The molecule has 2 atom stereocenters. The van der Waals surface area contributed by atoms with E-state index in [0.29, 0.717) is 0 Å². The Bertz CT molecular complexity index is 136. The maximum atomic E-state index is 10.3. The molecule has 0 heterocycles. The molecule has 0 aromatic rings. The summed E-state index contributed by atoms with van der Waals surface area (Å²) in [6.07, 6.45) is 0. The summed E-state index contributed by atoms with van der Waals surface area (Å²) in [6, 6.07) is -0.285. The van der Waals surface area contributed by atoms with E-state index in [0.717, 1.165) is 0 Å². The van der Waals surface area contributed by atoms with Gasteiger partial charge in [-0.25, -0.2) is 0 Å². The average Bonchev–Trinajstić information content (AvgIpc) is 1.88. The molecule has 0 aromatic heterocycles. The number of nitroso groups, excluding NO2 is 2. The van der Waals surface area contributed by atoms with Gasteiger partial charge in [0.1, 0.15) is 0 Å². The Hall–Kier alpha value is -0.800. The van der Waals surface area contributed by atoms with Crippen LogP contribution in [0.3, 0.4) is 0 Å². The molecule has 0 rings (SSSR count). The summed E-state index contributed by atoms with van der Waals surface area (Å²) in [7, 11) is 0. The molecular weight excluding hydrogens is 144 g/mol. The molecule has 64 valence electrons. The van der Waals surface area contributed by atoms with Gasteiger partial charge in [0.2, 0.25) is 0 Å². The maximum Gasteiger partial charge on any atom is 0.0986 e. The molecule has 4 heteroatoms. The molecule has 0 N–H and O–H groups in total. The van der Waals surface area contributed by atoms with Gasteiger partial charge in [0.15, 0.2) is 0 Å². The smallest absolute Gasteiger partial charge is 0.0986 e. The summed E-state index contributed by atoms with van der Waals surface area (Å²) >= 11 is 0. The summed E-state index contributed by atoms with van der Waals surface area (Å²) in [6.45, 7) is 5.81. The van der Waals surface area contributed by atoms with Crippen molar-refractivity contribution in [3.05, 3.63) is 9.81 Å². The van der Waals surface area contributed by atoms with Crippen molar-refractivity contribution in [3.63, 3.8) is 0 Å². The number of nitrogens with zero attached hydrogens (tertiary/aromatic N) is 2. The molecule has 0 radical (unpaired) electrons. The van der Waals surface area contributed by atoms with Crippen molar-refractivity contribution in [2.45, 2.75) is 26.8 Å². The molecule has 0 bridgehead atoms. The van der Waals surface area contributed by atoms with Crippen LogP contribution in [0, 0.1) is 21.6 Å². The second-order valence-corrected chi connectivity index (χ2v) is 3.13. The van der Waals surface area contributed by atoms with Gasteiger partial charge < -0.3 is 0 Å². The third-order valence-electron chi connectivity index (χ3n) is 1.75. The molecule has 0 aliphatic carbocycles. The zero-order chi connectivity index (χ0) is 8.85. The van der Waals surface area contributed by atoms with Gasteiger partial charge in [0, 0.05) is 5.92 Å². The minimum absolute atomic E-state index is 0.0370. The Morgan fingerprint density at radius 3 is 2.00 bits per heavy atom. The van der Waals surface area contributed by atoms with Crippen molar-refractivity contribution < 1.29 is 0 Å². The van der Waals surface area contributed by atoms with E-state index in [1.165, 1.54) is 0 Å². The summed E-state index contributed by atoms with van der Waals surface area (Å²) < 4.78 is 0.